The summed E-state index contributed by atoms with van der Waals surface area (Å²) in [6, 6.07) is 3.81. The van der Waals surface area contributed by atoms with Crippen LogP contribution in [-0.2, 0) is 9.59 Å². The van der Waals surface area contributed by atoms with E-state index >= 15 is 0 Å². The van der Waals surface area contributed by atoms with Crippen LogP contribution in [0, 0.1) is 5.82 Å². The minimum atomic E-state index is -0.558. The highest BCUT2D eigenvalue weighted by molar-refractivity contribution is 8.18. The monoisotopic (exact) mass is 450 g/mol. The van der Waals surface area contributed by atoms with Gasteiger partial charge in [-0.2, -0.15) is 4.99 Å². The maximum atomic E-state index is 13.5. The van der Waals surface area contributed by atoms with Crippen LogP contribution >= 0.6 is 36.6 Å². The number of nitrogens with two attached hydrogens (primary N) is 1. The highest BCUT2D eigenvalue weighted by Crippen LogP contribution is 2.32. The lowest BCUT2D eigenvalue weighted by Gasteiger charge is -2.28. The summed E-state index contributed by atoms with van der Waals surface area (Å²) in [6.07, 6.45) is 3.68. The molecule has 1 aromatic carbocycles. The minimum absolute atomic E-state index is 0. The van der Waals surface area contributed by atoms with Crippen molar-refractivity contribution in [2.24, 2.45) is 10.7 Å². The van der Waals surface area contributed by atoms with Gasteiger partial charge in [0.1, 0.15) is 11.6 Å². The number of hydrogen-bond acceptors (Lipinski definition) is 7. The Morgan fingerprint density at radius 1 is 1.39 bits per heavy atom. The molecule has 0 aromatic heterocycles. The van der Waals surface area contributed by atoms with Crippen LogP contribution in [0.4, 0.5) is 4.39 Å². The fourth-order valence-electron chi connectivity index (χ4n) is 2.51. The Morgan fingerprint density at radius 2 is 2.18 bits per heavy atom. The first kappa shape index (κ1) is 24.4. The summed E-state index contributed by atoms with van der Waals surface area (Å²) >= 11 is 1.23. The molecule has 0 spiro atoms. The lowest BCUT2D eigenvalue weighted by Crippen LogP contribution is -2.45. The number of nitrogens with one attached hydrogen (secondary N) is 1. The van der Waals surface area contributed by atoms with Gasteiger partial charge in [0, 0.05) is 31.3 Å². The Labute approximate surface area is 178 Å². The number of carbonyl (C=O) groups is 2. The van der Waals surface area contributed by atoms with Crippen LogP contribution in [0.3, 0.4) is 0 Å². The van der Waals surface area contributed by atoms with E-state index in [0.29, 0.717) is 15.6 Å². The molecule has 3 N–H and O–H groups in total. The number of halogens is 3. The molecule has 1 saturated heterocycles. The third-order valence-corrected chi connectivity index (χ3v) is 4.79. The van der Waals surface area contributed by atoms with Crippen LogP contribution in [0.25, 0.3) is 6.08 Å². The van der Waals surface area contributed by atoms with Gasteiger partial charge in [0.2, 0.25) is 0 Å². The molecule has 3 rings (SSSR count). The molecular formula is C17H21Cl2FN4O3S. The first-order valence-electron chi connectivity index (χ1n) is 8.31. The molecule has 11 heteroatoms. The van der Waals surface area contributed by atoms with E-state index in [-0.39, 0.29) is 49.4 Å². The summed E-state index contributed by atoms with van der Waals surface area (Å²) in [4.78, 5) is 28.3. The maximum Gasteiger partial charge on any atom is 0.312 e. The van der Waals surface area contributed by atoms with Crippen molar-refractivity contribution in [3.05, 3.63) is 34.5 Å². The second kappa shape index (κ2) is 11.4. The lowest BCUT2D eigenvalue weighted by atomic mass is 10.1. The fraction of sp³-hybridized carbons (Fsp3) is 0.353. The number of esters is 1. The summed E-state index contributed by atoms with van der Waals surface area (Å²) in [7, 11) is 0. The number of rotatable bonds is 4. The smallest absolute Gasteiger partial charge is 0.312 e. The molecule has 0 atom stereocenters. The molecule has 1 aromatic rings. The summed E-state index contributed by atoms with van der Waals surface area (Å²) in [6.45, 7) is 1.76. The highest BCUT2D eigenvalue weighted by atomic mass is 35.5. The third-order valence-electron chi connectivity index (χ3n) is 3.79. The predicted octanol–water partition coefficient (Wildman–Crippen LogP) is 2.49. The molecule has 0 unspecified atom stereocenters. The van der Waals surface area contributed by atoms with E-state index in [0.717, 1.165) is 32.0 Å². The average molecular weight is 451 g/mol. The molecule has 7 nitrogen and oxygen atoms in total. The number of aliphatic imine (C=N–C) groups is 1. The number of nitrogens with zero attached hydrogens (tertiary/aromatic N) is 2. The summed E-state index contributed by atoms with van der Waals surface area (Å²) in [5.41, 5.74) is 8.95. The van der Waals surface area contributed by atoms with Gasteiger partial charge in [-0.25, -0.2) is 9.82 Å². The van der Waals surface area contributed by atoms with Gasteiger partial charge in [0.25, 0.3) is 5.91 Å². The fourth-order valence-corrected chi connectivity index (χ4v) is 3.42. The van der Waals surface area contributed by atoms with Crippen molar-refractivity contribution in [2.75, 3.05) is 19.6 Å². The molecule has 0 aliphatic carbocycles. The molecule has 154 valence electrons. The molecule has 0 saturated carbocycles. The van der Waals surface area contributed by atoms with Crippen molar-refractivity contribution in [3.8, 4) is 5.75 Å². The minimum Gasteiger partial charge on any atom is -0.426 e. The van der Waals surface area contributed by atoms with E-state index in [1.807, 2.05) is 5.01 Å². The van der Waals surface area contributed by atoms with Crippen molar-refractivity contribution in [1.82, 2.24) is 10.4 Å². The van der Waals surface area contributed by atoms with Crippen molar-refractivity contribution in [2.45, 2.75) is 19.3 Å². The van der Waals surface area contributed by atoms with Gasteiger partial charge in [-0.15, -0.1) is 24.8 Å². The Kier molecular flexibility index (Phi) is 9.91. The number of hydrogen-bond donors (Lipinski definition) is 2. The largest absolute Gasteiger partial charge is 0.426 e. The van der Waals surface area contributed by atoms with E-state index in [4.69, 9.17) is 10.5 Å². The zero-order valence-corrected chi connectivity index (χ0v) is 17.3. The Morgan fingerprint density at radius 3 is 2.86 bits per heavy atom. The lowest BCUT2D eigenvalue weighted by molar-refractivity contribution is -0.134. The van der Waals surface area contributed by atoms with Crippen LogP contribution in [0.2, 0.25) is 0 Å². The molecule has 1 amide bonds. The second-order valence-electron chi connectivity index (χ2n) is 5.77. The number of hydrazine groups is 1. The van der Waals surface area contributed by atoms with E-state index < -0.39 is 11.8 Å². The Bertz CT molecular complexity index is 786. The number of thioether (sulfide) groups is 1. The quantitative estimate of drug-likeness (QED) is 0.413. The van der Waals surface area contributed by atoms with Crippen molar-refractivity contribution in [1.29, 1.82) is 0 Å². The first-order valence-corrected chi connectivity index (χ1v) is 9.12. The zero-order chi connectivity index (χ0) is 18.5. The summed E-state index contributed by atoms with van der Waals surface area (Å²) < 4.78 is 18.7. The second-order valence-corrected chi connectivity index (χ2v) is 6.78. The number of benzene rings is 1. The van der Waals surface area contributed by atoms with Gasteiger partial charge in [-0.1, -0.05) is 0 Å². The van der Waals surface area contributed by atoms with Gasteiger partial charge in [0.05, 0.1) is 11.3 Å². The number of ether oxygens (including phenoxy) is 1. The van der Waals surface area contributed by atoms with Gasteiger partial charge in [0.15, 0.2) is 5.17 Å². The van der Waals surface area contributed by atoms with E-state index in [2.05, 4.69) is 10.4 Å². The van der Waals surface area contributed by atoms with E-state index in [9.17, 15) is 14.0 Å². The molecule has 2 aliphatic rings. The zero-order valence-electron chi connectivity index (χ0n) is 14.9. The van der Waals surface area contributed by atoms with Gasteiger partial charge in [-0.3, -0.25) is 14.6 Å². The summed E-state index contributed by atoms with van der Waals surface area (Å²) in [5.74, 6) is -1.42. The van der Waals surface area contributed by atoms with E-state index in [1.54, 1.807) is 6.08 Å². The number of amides is 1. The average Bonchev–Trinajstić information content (AvgIpc) is 2.99. The Hall–Kier alpha value is -1.65. The van der Waals surface area contributed by atoms with Gasteiger partial charge >= 0.3 is 5.97 Å². The van der Waals surface area contributed by atoms with Crippen LogP contribution in [0.1, 0.15) is 24.8 Å². The Balaban J connectivity index is 0.00000196. The molecule has 0 bridgehead atoms. The van der Waals surface area contributed by atoms with Crippen LogP contribution in [0.15, 0.2) is 28.1 Å². The van der Waals surface area contributed by atoms with Crippen molar-refractivity contribution >= 4 is 59.7 Å². The molecule has 2 heterocycles. The maximum absolute atomic E-state index is 13.5. The summed E-state index contributed by atoms with van der Waals surface area (Å²) in [5, 5.41) is 2.45. The van der Waals surface area contributed by atoms with Crippen LogP contribution < -0.4 is 15.9 Å². The molecule has 1 fully saturated rings. The van der Waals surface area contributed by atoms with Gasteiger partial charge < -0.3 is 10.5 Å². The van der Waals surface area contributed by atoms with Crippen molar-refractivity contribution in [3.63, 3.8) is 0 Å². The van der Waals surface area contributed by atoms with Gasteiger partial charge in [-0.05, 0) is 42.8 Å². The van der Waals surface area contributed by atoms with Crippen LogP contribution in [0.5, 0.6) is 5.75 Å². The topological polar surface area (TPSA) is 97.0 Å². The molecule has 0 radical (unpaired) electrons. The molecule has 28 heavy (non-hydrogen) atoms. The predicted molar refractivity (Wildman–Crippen MR) is 112 cm³/mol. The standard InChI is InChI=1S/C17H19FN4O3S.2ClH/c18-12-4-3-11(13(10-12)25-15(23)5-6-19)9-14-16(24)21-17(26-14)22-8-2-1-7-20-22;;/h3-4,9-10,20H,1-2,5-8,19H2;2*1H. The number of carbonyl (C=O) groups excluding carboxylic acids is 2. The number of amidine groups is 1. The molecule has 2 aliphatic heterocycles. The molecular weight excluding hydrogens is 430 g/mol. The third kappa shape index (κ3) is 6.18. The SMILES string of the molecule is Cl.Cl.NCCC(=O)Oc1cc(F)ccc1C=C1SC(N2CCCCN2)=NC1=O. The highest BCUT2D eigenvalue weighted by Gasteiger charge is 2.27. The normalized spacial score (nSPS) is 17.6. The first-order chi connectivity index (χ1) is 12.6. The van der Waals surface area contributed by atoms with Crippen molar-refractivity contribution < 1.29 is 18.7 Å². The van der Waals surface area contributed by atoms with Crippen LogP contribution in [-0.4, -0.2) is 41.7 Å². The van der Waals surface area contributed by atoms with E-state index in [1.165, 1.54) is 23.9 Å².